The first-order valence-electron chi connectivity index (χ1n) is 9.65. The number of aromatic amines is 1. The SMILES string of the molecule is CC(=O)Cc1cccc(CN2CCCC(Nc3ccc4[nH]ncc4c3)C2)c1. The van der Waals surface area contributed by atoms with Crippen LogP contribution in [0.15, 0.2) is 48.7 Å². The number of nitrogens with zero attached hydrogens (tertiary/aromatic N) is 2. The third kappa shape index (κ3) is 4.55. The van der Waals surface area contributed by atoms with E-state index in [1.807, 2.05) is 12.3 Å². The average molecular weight is 362 g/mol. The fraction of sp³-hybridized carbons (Fsp3) is 0.364. The standard InChI is InChI=1S/C22H26N4O/c1-16(27)10-17-4-2-5-18(11-17)14-26-9-3-6-21(15-26)24-20-7-8-22-19(12-20)13-23-25-22/h2,4-5,7-8,11-13,21,24H,3,6,9-10,14-15H2,1H3,(H,23,25). The molecule has 3 aromatic rings. The van der Waals surface area contributed by atoms with E-state index in [1.54, 1.807) is 6.92 Å². The molecule has 2 aromatic carbocycles. The number of anilines is 1. The number of Topliss-reactive ketones (excluding diaryl/α,β-unsaturated/α-hetero) is 1. The Morgan fingerprint density at radius 2 is 2.15 bits per heavy atom. The van der Waals surface area contributed by atoms with Crippen LogP contribution < -0.4 is 5.32 Å². The zero-order chi connectivity index (χ0) is 18.6. The zero-order valence-electron chi connectivity index (χ0n) is 15.7. The van der Waals surface area contributed by atoms with Gasteiger partial charge in [-0.05, 0) is 55.6 Å². The average Bonchev–Trinajstić information content (AvgIpc) is 3.09. The molecular formula is C22H26N4O. The highest BCUT2D eigenvalue weighted by atomic mass is 16.1. The second-order valence-electron chi connectivity index (χ2n) is 7.59. The molecule has 5 heteroatoms. The minimum atomic E-state index is 0.212. The smallest absolute Gasteiger partial charge is 0.134 e. The van der Waals surface area contributed by atoms with E-state index in [2.05, 4.69) is 56.8 Å². The summed E-state index contributed by atoms with van der Waals surface area (Å²) in [4.78, 5) is 13.9. The maximum absolute atomic E-state index is 11.4. The molecule has 1 saturated heterocycles. The first kappa shape index (κ1) is 17.7. The molecule has 27 heavy (non-hydrogen) atoms. The molecule has 0 saturated carbocycles. The quantitative estimate of drug-likeness (QED) is 0.701. The summed E-state index contributed by atoms with van der Waals surface area (Å²) in [5.41, 5.74) is 4.62. The number of benzene rings is 2. The number of rotatable bonds is 6. The number of aromatic nitrogens is 2. The van der Waals surface area contributed by atoms with E-state index in [4.69, 9.17) is 0 Å². The van der Waals surface area contributed by atoms with Gasteiger partial charge in [0.05, 0.1) is 11.7 Å². The molecule has 4 rings (SSSR count). The van der Waals surface area contributed by atoms with Crippen molar-refractivity contribution >= 4 is 22.4 Å². The van der Waals surface area contributed by atoms with Crippen LogP contribution >= 0.6 is 0 Å². The Hall–Kier alpha value is -2.66. The fourth-order valence-electron chi connectivity index (χ4n) is 3.97. The van der Waals surface area contributed by atoms with Crippen molar-refractivity contribution < 1.29 is 4.79 Å². The summed E-state index contributed by atoms with van der Waals surface area (Å²) in [6.07, 6.45) is 4.76. The van der Waals surface area contributed by atoms with Crippen LogP contribution in [0.5, 0.6) is 0 Å². The summed E-state index contributed by atoms with van der Waals surface area (Å²) in [5.74, 6) is 0.212. The lowest BCUT2D eigenvalue weighted by atomic mass is 10.0. The Bertz CT molecular complexity index is 933. The van der Waals surface area contributed by atoms with Crippen LogP contribution in [0.3, 0.4) is 0 Å². The maximum atomic E-state index is 11.4. The molecule has 1 unspecified atom stereocenters. The van der Waals surface area contributed by atoms with E-state index in [-0.39, 0.29) is 5.78 Å². The van der Waals surface area contributed by atoms with Gasteiger partial charge in [0.2, 0.25) is 0 Å². The number of carbonyl (C=O) groups excluding carboxylic acids is 1. The van der Waals surface area contributed by atoms with E-state index in [0.29, 0.717) is 12.5 Å². The van der Waals surface area contributed by atoms with Crippen LogP contribution in [0.2, 0.25) is 0 Å². The second-order valence-corrected chi connectivity index (χ2v) is 7.59. The third-order valence-corrected chi connectivity index (χ3v) is 5.17. The third-order valence-electron chi connectivity index (χ3n) is 5.17. The van der Waals surface area contributed by atoms with Crippen molar-refractivity contribution in [2.75, 3.05) is 18.4 Å². The molecule has 140 valence electrons. The second kappa shape index (κ2) is 7.92. The molecule has 1 aromatic heterocycles. The van der Waals surface area contributed by atoms with Crippen molar-refractivity contribution in [2.24, 2.45) is 0 Å². The van der Waals surface area contributed by atoms with Gasteiger partial charge in [-0.3, -0.25) is 14.8 Å². The van der Waals surface area contributed by atoms with Gasteiger partial charge in [0, 0.05) is 36.6 Å². The van der Waals surface area contributed by atoms with Gasteiger partial charge in [0.25, 0.3) is 0 Å². The Kier molecular flexibility index (Phi) is 5.21. The highest BCUT2D eigenvalue weighted by Crippen LogP contribution is 2.21. The van der Waals surface area contributed by atoms with E-state index in [0.717, 1.165) is 41.8 Å². The van der Waals surface area contributed by atoms with E-state index < -0.39 is 0 Å². The van der Waals surface area contributed by atoms with Gasteiger partial charge in [-0.2, -0.15) is 5.10 Å². The Morgan fingerprint density at radius 3 is 3.04 bits per heavy atom. The lowest BCUT2D eigenvalue weighted by Crippen LogP contribution is -2.41. The number of nitrogens with one attached hydrogen (secondary N) is 2. The van der Waals surface area contributed by atoms with Gasteiger partial charge in [-0.25, -0.2) is 0 Å². The van der Waals surface area contributed by atoms with E-state index in [9.17, 15) is 4.79 Å². The van der Waals surface area contributed by atoms with Crippen LogP contribution in [0.25, 0.3) is 10.9 Å². The Morgan fingerprint density at radius 1 is 1.26 bits per heavy atom. The van der Waals surface area contributed by atoms with Crippen LogP contribution in [0.1, 0.15) is 30.9 Å². The number of piperidine rings is 1. The molecule has 2 heterocycles. The molecule has 0 radical (unpaired) electrons. The molecule has 1 fully saturated rings. The predicted molar refractivity (Wildman–Crippen MR) is 109 cm³/mol. The van der Waals surface area contributed by atoms with Crippen molar-refractivity contribution in [1.82, 2.24) is 15.1 Å². The first-order chi connectivity index (χ1) is 13.2. The monoisotopic (exact) mass is 362 g/mol. The van der Waals surface area contributed by atoms with Gasteiger partial charge >= 0.3 is 0 Å². The largest absolute Gasteiger partial charge is 0.381 e. The molecular weight excluding hydrogens is 336 g/mol. The number of carbonyl (C=O) groups is 1. The highest BCUT2D eigenvalue weighted by molar-refractivity contribution is 5.81. The molecule has 0 amide bonds. The van der Waals surface area contributed by atoms with Gasteiger partial charge in [-0.1, -0.05) is 24.3 Å². The summed E-state index contributed by atoms with van der Waals surface area (Å²) in [7, 11) is 0. The van der Waals surface area contributed by atoms with Crippen LogP contribution in [-0.2, 0) is 17.8 Å². The predicted octanol–water partition coefficient (Wildman–Crippen LogP) is 3.77. The minimum Gasteiger partial charge on any atom is -0.381 e. The maximum Gasteiger partial charge on any atom is 0.134 e. The Labute approximate surface area is 159 Å². The molecule has 0 spiro atoms. The summed E-state index contributed by atoms with van der Waals surface area (Å²) in [6, 6.07) is 15.2. The summed E-state index contributed by atoms with van der Waals surface area (Å²) in [6.45, 7) is 4.73. The number of hydrogen-bond donors (Lipinski definition) is 2. The Balaban J connectivity index is 1.38. The van der Waals surface area contributed by atoms with Crippen LogP contribution in [0.4, 0.5) is 5.69 Å². The van der Waals surface area contributed by atoms with Crippen LogP contribution in [0, 0.1) is 0 Å². The molecule has 0 bridgehead atoms. The molecule has 1 atom stereocenters. The van der Waals surface area contributed by atoms with Crippen molar-refractivity contribution in [3.8, 4) is 0 Å². The molecule has 1 aliphatic heterocycles. The van der Waals surface area contributed by atoms with Crippen molar-refractivity contribution in [3.05, 3.63) is 59.8 Å². The van der Waals surface area contributed by atoms with Crippen molar-refractivity contribution in [3.63, 3.8) is 0 Å². The van der Waals surface area contributed by atoms with Gasteiger partial charge in [0.15, 0.2) is 0 Å². The van der Waals surface area contributed by atoms with E-state index in [1.165, 1.54) is 18.4 Å². The first-order valence-corrected chi connectivity index (χ1v) is 9.65. The normalized spacial score (nSPS) is 17.9. The van der Waals surface area contributed by atoms with Crippen LogP contribution in [-0.4, -0.2) is 40.0 Å². The minimum absolute atomic E-state index is 0.212. The van der Waals surface area contributed by atoms with E-state index >= 15 is 0 Å². The summed E-state index contributed by atoms with van der Waals surface area (Å²) in [5, 5.41) is 11.9. The summed E-state index contributed by atoms with van der Waals surface area (Å²) >= 11 is 0. The number of hydrogen-bond acceptors (Lipinski definition) is 4. The van der Waals surface area contributed by atoms with Gasteiger partial charge in [0.1, 0.15) is 5.78 Å². The van der Waals surface area contributed by atoms with Gasteiger partial charge in [-0.15, -0.1) is 0 Å². The number of likely N-dealkylation sites (tertiary alicyclic amines) is 1. The van der Waals surface area contributed by atoms with Gasteiger partial charge < -0.3 is 5.32 Å². The fourth-order valence-corrected chi connectivity index (χ4v) is 3.97. The highest BCUT2D eigenvalue weighted by Gasteiger charge is 2.20. The number of H-pyrrole nitrogens is 1. The zero-order valence-corrected chi connectivity index (χ0v) is 15.7. The topological polar surface area (TPSA) is 61.0 Å². The number of ketones is 1. The lowest BCUT2D eigenvalue weighted by molar-refractivity contribution is -0.116. The lowest BCUT2D eigenvalue weighted by Gasteiger charge is -2.33. The number of fused-ring (bicyclic) bond motifs is 1. The van der Waals surface area contributed by atoms with Crippen molar-refractivity contribution in [1.29, 1.82) is 0 Å². The summed E-state index contributed by atoms with van der Waals surface area (Å²) < 4.78 is 0. The van der Waals surface area contributed by atoms with Crippen molar-refractivity contribution in [2.45, 2.75) is 38.8 Å². The molecule has 0 aliphatic carbocycles. The molecule has 1 aliphatic rings. The molecule has 5 nitrogen and oxygen atoms in total. The molecule has 2 N–H and O–H groups in total.